The van der Waals surface area contributed by atoms with Crippen molar-refractivity contribution < 1.29 is 14.6 Å². The predicted molar refractivity (Wildman–Crippen MR) is 62.1 cm³/mol. The number of pyridine rings is 1. The smallest absolute Gasteiger partial charge is 0.161 e. The van der Waals surface area contributed by atoms with Gasteiger partial charge in [0.25, 0.3) is 0 Å². The summed E-state index contributed by atoms with van der Waals surface area (Å²) in [5, 5.41) is 9.60. The van der Waals surface area contributed by atoms with Gasteiger partial charge < -0.3 is 9.84 Å². The highest BCUT2D eigenvalue weighted by atomic mass is 16.5. The van der Waals surface area contributed by atoms with Crippen molar-refractivity contribution in [2.24, 2.45) is 0 Å². The van der Waals surface area contributed by atoms with E-state index in [1.54, 1.807) is 18.3 Å². The predicted octanol–water partition coefficient (Wildman–Crippen LogP) is 2.18. The zero-order valence-electron chi connectivity index (χ0n) is 9.04. The van der Waals surface area contributed by atoms with Crippen LogP contribution in [0.1, 0.15) is 16.1 Å². The molecule has 1 N–H and O–H groups in total. The van der Waals surface area contributed by atoms with Crippen LogP contribution in [0, 0.1) is 0 Å². The van der Waals surface area contributed by atoms with Crippen LogP contribution < -0.4 is 4.74 Å². The van der Waals surface area contributed by atoms with Gasteiger partial charge in [0.15, 0.2) is 11.5 Å². The van der Waals surface area contributed by atoms with Gasteiger partial charge in [-0.05, 0) is 30.3 Å². The van der Waals surface area contributed by atoms with Crippen LogP contribution in [0.2, 0.25) is 0 Å². The van der Waals surface area contributed by atoms with Crippen molar-refractivity contribution in [1.29, 1.82) is 0 Å². The van der Waals surface area contributed by atoms with Crippen LogP contribution in [0.5, 0.6) is 11.5 Å². The van der Waals surface area contributed by atoms with E-state index < -0.39 is 0 Å². The summed E-state index contributed by atoms with van der Waals surface area (Å²) in [5.74, 6) is 0.284. The molecule has 1 aromatic carbocycles. The Morgan fingerprint density at radius 2 is 2.18 bits per heavy atom. The van der Waals surface area contributed by atoms with Crippen molar-refractivity contribution in [2.45, 2.75) is 6.61 Å². The van der Waals surface area contributed by atoms with Gasteiger partial charge in [0, 0.05) is 11.8 Å². The molecular weight excluding hydrogens is 218 g/mol. The third kappa shape index (κ3) is 2.81. The van der Waals surface area contributed by atoms with Gasteiger partial charge in [-0.15, -0.1) is 0 Å². The van der Waals surface area contributed by atoms with E-state index in [4.69, 9.17) is 4.74 Å². The van der Waals surface area contributed by atoms with Crippen LogP contribution in [0.15, 0.2) is 42.6 Å². The molecule has 0 aliphatic heterocycles. The third-order valence-electron chi connectivity index (χ3n) is 2.22. The number of aromatic nitrogens is 1. The highest BCUT2D eigenvalue weighted by Gasteiger charge is 2.04. The fraction of sp³-hybridized carbons (Fsp3) is 0.0769. The number of phenols is 1. The fourth-order valence-corrected chi connectivity index (χ4v) is 1.36. The van der Waals surface area contributed by atoms with E-state index in [0.29, 0.717) is 17.6 Å². The highest BCUT2D eigenvalue weighted by Crippen LogP contribution is 2.26. The lowest BCUT2D eigenvalue weighted by atomic mass is 10.2. The number of aromatic hydroxyl groups is 1. The molecule has 0 saturated heterocycles. The second-order valence-electron chi connectivity index (χ2n) is 3.45. The van der Waals surface area contributed by atoms with Gasteiger partial charge in [-0.25, -0.2) is 0 Å². The average Bonchev–Trinajstić information content (AvgIpc) is 2.38. The molecule has 0 aliphatic carbocycles. The molecule has 4 heteroatoms. The Morgan fingerprint density at radius 3 is 2.82 bits per heavy atom. The highest BCUT2D eigenvalue weighted by molar-refractivity contribution is 5.76. The number of carbonyl (C=O) groups excluding carboxylic acids is 1. The molecule has 86 valence electrons. The largest absolute Gasteiger partial charge is 0.504 e. The first-order valence-corrected chi connectivity index (χ1v) is 5.10. The quantitative estimate of drug-likeness (QED) is 0.816. The van der Waals surface area contributed by atoms with Crippen molar-refractivity contribution in [3.05, 3.63) is 53.9 Å². The summed E-state index contributed by atoms with van der Waals surface area (Å²) in [7, 11) is 0. The second kappa shape index (κ2) is 5.12. The number of phenolic OH excluding ortho intramolecular Hbond substituents is 1. The summed E-state index contributed by atoms with van der Waals surface area (Å²) >= 11 is 0. The minimum absolute atomic E-state index is 0.0504. The van der Waals surface area contributed by atoms with E-state index in [1.165, 1.54) is 6.07 Å². The number of rotatable bonds is 4. The van der Waals surface area contributed by atoms with E-state index in [9.17, 15) is 9.90 Å². The Hall–Kier alpha value is -2.36. The van der Waals surface area contributed by atoms with Crippen LogP contribution in [0.25, 0.3) is 0 Å². The molecule has 0 unspecified atom stereocenters. The molecular formula is C13H11NO3. The standard InChI is InChI=1S/C13H11NO3/c15-8-10-4-5-13(12(16)7-10)17-9-11-3-1-2-6-14-11/h1-8,16H,9H2. The zero-order valence-corrected chi connectivity index (χ0v) is 9.04. The van der Waals surface area contributed by atoms with Crippen LogP contribution >= 0.6 is 0 Å². The van der Waals surface area contributed by atoms with Gasteiger partial charge in [0.1, 0.15) is 12.9 Å². The SMILES string of the molecule is O=Cc1ccc(OCc2ccccn2)c(O)c1. The second-order valence-corrected chi connectivity index (χ2v) is 3.45. The van der Waals surface area contributed by atoms with Crippen molar-refractivity contribution >= 4 is 6.29 Å². The summed E-state index contributed by atoms with van der Waals surface area (Å²) < 4.78 is 5.39. The van der Waals surface area contributed by atoms with Crippen molar-refractivity contribution in [3.63, 3.8) is 0 Å². The molecule has 4 nitrogen and oxygen atoms in total. The molecule has 0 atom stereocenters. The van der Waals surface area contributed by atoms with Gasteiger partial charge >= 0.3 is 0 Å². The van der Waals surface area contributed by atoms with Crippen LogP contribution in [-0.4, -0.2) is 16.4 Å². The Bertz CT molecular complexity index is 511. The van der Waals surface area contributed by atoms with Crippen LogP contribution in [0.3, 0.4) is 0 Å². The summed E-state index contributed by atoms with van der Waals surface area (Å²) in [6.45, 7) is 0.273. The molecule has 1 aromatic heterocycles. The van der Waals surface area contributed by atoms with Crippen LogP contribution in [0.4, 0.5) is 0 Å². The molecule has 0 fully saturated rings. The van der Waals surface area contributed by atoms with Gasteiger partial charge in [-0.1, -0.05) is 6.07 Å². The third-order valence-corrected chi connectivity index (χ3v) is 2.22. The molecule has 0 radical (unpaired) electrons. The maximum atomic E-state index is 10.5. The molecule has 0 aliphatic rings. The number of hydrogen-bond acceptors (Lipinski definition) is 4. The number of benzene rings is 1. The van der Waals surface area contributed by atoms with Gasteiger partial charge in [-0.3, -0.25) is 9.78 Å². The number of ether oxygens (including phenoxy) is 1. The van der Waals surface area contributed by atoms with E-state index in [0.717, 1.165) is 5.69 Å². The topological polar surface area (TPSA) is 59.4 Å². The molecule has 2 aromatic rings. The number of hydrogen-bond donors (Lipinski definition) is 1. The maximum absolute atomic E-state index is 10.5. The lowest BCUT2D eigenvalue weighted by Gasteiger charge is -2.07. The molecule has 2 rings (SSSR count). The van der Waals surface area contributed by atoms with E-state index in [-0.39, 0.29) is 12.4 Å². The van der Waals surface area contributed by atoms with E-state index >= 15 is 0 Å². The lowest BCUT2D eigenvalue weighted by Crippen LogP contribution is -1.97. The number of carbonyl (C=O) groups is 1. The Balaban J connectivity index is 2.07. The average molecular weight is 229 g/mol. The zero-order chi connectivity index (χ0) is 12.1. The lowest BCUT2D eigenvalue weighted by molar-refractivity contribution is 0.112. The monoisotopic (exact) mass is 229 g/mol. The summed E-state index contributed by atoms with van der Waals surface area (Å²) in [6, 6.07) is 10.0. The summed E-state index contributed by atoms with van der Waals surface area (Å²) in [6.07, 6.45) is 2.34. The first-order valence-electron chi connectivity index (χ1n) is 5.10. The van der Waals surface area contributed by atoms with E-state index in [2.05, 4.69) is 4.98 Å². The molecule has 17 heavy (non-hydrogen) atoms. The molecule has 0 spiro atoms. The summed E-state index contributed by atoms with van der Waals surface area (Å²) in [4.78, 5) is 14.6. The normalized spacial score (nSPS) is 9.88. The van der Waals surface area contributed by atoms with Crippen molar-refractivity contribution in [1.82, 2.24) is 4.98 Å². The van der Waals surface area contributed by atoms with Gasteiger partial charge in [0.05, 0.1) is 5.69 Å². The first-order chi connectivity index (χ1) is 8.29. The number of aldehydes is 1. The molecule has 0 saturated carbocycles. The van der Waals surface area contributed by atoms with Gasteiger partial charge in [0.2, 0.25) is 0 Å². The molecule has 0 bridgehead atoms. The van der Waals surface area contributed by atoms with Crippen molar-refractivity contribution in [3.8, 4) is 11.5 Å². The molecule has 0 amide bonds. The van der Waals surface area contributed by atoms with E-state index in [1.807, 2.05) is 18.2 Å². The first kappa shape index (κ1) is 11.1. The number of nitrogens with zero attached hydrogens (tertiary/aromatic N) is 1. The Labute approximate surface area is 98.5 Å². The van der Waals surface area contributed by atoms with Crippen LogP contribution in [-0.2, 0) is 6.61 Å². The van der Waals surface area contributed by atoms with Gasteiger partial charge in [-0.2, -0.15) is 0 Å². The Morgan fingerprint density at radius 1 is 1.29 bits per heavy atom. The maximum Gasteiger partial charge on any atom is 0.161 e. The molecule has 1 heterocycles. The summed E-state index contributed by atoms with van der Waals surface area (Å²) in [5.41, 5.74) is 1.18. The fourth-order valence-electron chi connectivity index (χ4n) is 1.36. The minimum atomic E-state index is -0.0504. The Kier molecular flexibility index (Phi) is 3.35. The van der Waals surface area contributed by atoms with Crippen molar-refractivity contribution in [2.75, 3.05) is 0 Å². The minimum Gasteiger partial charge on any atom is -0.504 e.